The Bertz CT molecular complexity index is 336. The third-order valence-electron chi connectivity index (χ3n) is 3.83. The molecule has 0 saturated heterocycles. The summed E-state index contributed by atoms with van der Waals surface area (Å²) in [5, 5.41) is 0. The second-order valence-corrected chi connectivity index (χ2v) is 7.36. The molecule has 0 aromatic carbocycles. The van der Waals surface area contributed by atoms with Crippen molar-refractivity contribution < 1.29 is 13.2 Å². The zero-order valence-electron chi connectivity index (χ0n) is 12.0. The highest BCUT2D eigenvalue weighted by Gasteiger charge is 2.32. The van der Waals surface area contributed by atoms with E-state index in [1.54, 1.807) is 7.11 Å². The molecule has 114 valence electrons. The maximum Gasteiger partial charge on any atom is 0.212 e. The van der Waals surface area contributed by atoms with Gasteiger partial charge in [0.2, 0.25) is 10.0 Å². The Morgan fingerprint density at radius 2 is 1.74 bits per heavy atom. The van der Waals surface area contributed by atoms with Crippen molar-refractivity contribution in [3.8, 4) is 0 Å². The molecule has 19 heavy (non-hydrogen) atoms. The van der Waals surface area contributed by atoms with Gasteiger partial charge in [-0.3, -0.25) is 0 Å². The van der Waals surface area contributed by atoms with Gasteiger partial charge < -0.3 is 10.5 Å². The maximum absolute atomic E-state index is 12.1. The van der Waals surface area contributed by atoms with Crippen molar-refractivity contribution >= 4 is 10.0 Å². The van der Waals surface area contributed by atoms with Crippen molar-refractivity contribution in [3.63, 3.8) is 0 Å². The van der Waals surface area contributed by atoms with Gasteiger partial charge >= 0.3 is 0 Å². The van der Waals surface area contributed by atoms with E-state index in [1.165, 1.54) is 19.3 Å². The van der Waals surface area contributed by atoms with E-state index in [2.05, 4.69) is 4.72 Å². The normalized spacial score (nSPS) is 20.7. The minimum absolute atomic E-state index is 0.114. The number of sulfonamides is 1. The molecule has 3 N–H and O–H groups in total. The third-order valence-corrected chi connectivity index (χ3v) is 5.41. The zero-order valence-corrected chi connectivity index (χ0v) is 12.8. The van der Waals surface area contributed by atoms with Crippen LogP contribution in [-0.2, 0) is 14.8 Å². The largest absolute Gasteiger partial charge is 0.385 e. The van der Waals surface area contributed by atoms with Gasteiger partial charge in [0.25, 0.3) is 0 Å². The van der Waals surface area contributed by atoms with Crippen LogP contribution in [0.1, 0.15) is 51.4 Å². The molecule has 0 radical (unpaired) electrons. The Hall–Kier alpha value is -0.170. The van der Waals surface area contributed by atoms with Gasteiger partial charge in [-0.15, -0.1) is 0 Å². The molecule has 0 aromatic rings. The molecule has 5 nitrogen and oxygen atoms in total. The standard InChI is InChI=1S/C13H28N2O3S/c1-18-10-7-11-19(16,17)15-13(12-14)8-5-3-2-4-6-9-13/h15H,2-12,14H2,1H3. The summed E-state index contributed by atoms with van der Waals surface area (Å²) in [5.74, 6) is 0.114. The Balaban J connectivity index is 2.61. The summed E-state index contributed by atoms with van der Waals surface area (Å²) >= 11 is 0. The van der Waals surface area contributed by atoms with Crippen LogP contribution in [0.15, 0.2) is 0 Å². The average molecular weight is 292 g/mol. The van der Waals surface area contributed by atoms with Crippen molar-refractivity contribution in [2.45, 2.75) is 56.9 Å². The smallest absolute Gasteiger partial charge is 0.212 e. The molecular weight excluding hydrogens is 264 g/mol. The SMILES string of the molecule is COCCCS(=O)(=O)NC1(CN)CCCCCCC1. The lowest BCUT2D eigenvalue weighted by Crippen LogP contribution is -2.54. The van der Waals surface area contributed by atoms with E-state index in [0.29, 0.717) is 19.6 Å². The predicted molar refractivity (Wildman–Crippen MR) is 77.5 cm³/mol. The van der Waals surface area contributed by atoms with Gasteiger partial charge in [-0.2, -0.15) is 0 Å². The van der Waals surface area contributed by atoms with Gasteiger partial charge in [0.05, 0.1) is 5.75 Å². The van der Waals surface area contributed by atoms with Crippen LogP contribution >= 0.6 is 0 Å². The average Bonchev–Trinajstić information content (AvgIpc) is 2.33. The number of hydrogen-bond donors (Lipinski definition) is 2. The highest BCUT2D eigenvalue weighted by Crippen LogP contribution is 2.26. The first kappa shape index (κ1) is 16.9. The highest BCUT2D eigenvalue weighted by molar-refractivity contribution is 7.89. The number of rotatable bonds is 7. The number of nitrogens with one attached hydrogen (secondary N) is 1. The number of methoxy groups -OCH3 is 1. The van der Waals surface area contributed by atoms with Crippen LogP contribution in [0.25, 0.3) is 0 Å². The molecule has 1 aliphatic carbocycles. The summed E-state index contributed by atoms with van der Waals surface area (Å²) in [4.78, 5) is 0. The lowest BCUT2D eigenvalue weighted by molar-refractivity contribution is 0.199. The van der Waals surface area contributed by atoms with Crippen LogP contribution in [-0.4, -0.2) is 40.0 Å². The molecule has 0 aliphatic heterocycles. The van der Waals surface area contributed by atoms with E-state index in [4.69, 9.17) is 10.5 Å². The molecule has 0 heterocycles. The number of hydrogen-bond acceptors (Lipinski definition) is 4. The first-order valence-corrected chi connectivity index (χ1v) is 8.89. The molecule has 1 aliphatic rings. The van der Waals surface area contributed by atoms with E-state index < -0.39 is 15.6 Å². The summed E-state index contributed by atoms with van der Waals surface area (Å²) in [6.07, 6.45) is 7.93. The van der Waals surface area contributed by atoms with E-state index in [-0.39, 0.29) is 5.75 Å². The Morgan fingerprint density at radius 3 is 2.26 bits per heavy atom. The van der Waals surface area contributed by atoms with Gasteiger partial charge in [0, 0.05) is 25.8 Å². The van der Waals surface area contributed by atoms with Crippen LogP contribution in [0.5, 0.6) is 0 Å². The Labute approximate surface area is 117 Å². The molecule has 0 atom stereocenters. The van der Waals surface area contributed by atoms with Crippen molar-refractivity contribution in [1.82, 2.24) is 4.72 Å². The molecule has 0 aromatic heterocycles. The Kier molecular flexibility index (Phi) is 7.28. The van der Waals surface area contributed by atoms with Crippen LogP contribution in [0.4, 0.5) is 0 Å². The molecule has 1 saturated carbocycles. The first-order chi connectivity index (χ1) is 9.04. The fourth-order valence-electron chi connectivity index (χ4n) is 2.70. The van der Waals surface area contributed by atoms with E-state index in [0.717, 1.165) is 25.7 Å². The molecule has 0 amide bonds. The van der Waals surface area contributed by atoms with Crippen molar-refractivity contribution in [3.05, 3.63) is 0 Å². The minimum atomic E-state index is -3.26. The quantitative estimate of drug-likeness (QED) is 0.695. The van der Waals surface area contributed by atoms with Crippen molar-refractivity contribution in [1.29, 1.82) is 0 Å². The van der Waals surface area contributed by atoms with Crippen molar-refractivity contribution in [2.24, 2.45) is 5.73 Å². The van der Waals surface area contributed by atoms with Gasteiger partial charge in [-0.1, -0.05) is 32.1 Å². The topological polar surface area (TPSA) is 81.4 Å². The molecule has 1 fully saturated rings. The summed E-state index contributed by atoms with van der Waals surface area (Å²) in [5.41, 5.74) is 5.44. The first-order valence-electron chi connectivity index (χ1n) is 7.24. The fourth-order valence-corrected chi connectivity index (χ4v) is 4.25. The van der Waals surface area contributed by atoms with E-state index >= 15 is 0 Å². The van der Waals surface area contributed by atoms with E-state index in [9.17, 15) is 8.42 Å². The van der Waals surface area contributed by atoms with Gasteiger partial charge in [-0.05, 0) is 19.3 Å². The number of ether oxygens (including phenoxy) is 1. The van der Waals surface area contributed by atoms with Gasteiger partial charge in [-0.25, -0.2) is 13.1 Å². The summed E-state index contributed by atoms with van der Waals surface area (Å²) in [6, 6.07) is 0. The lowest BCUT2D eigenvalue weighted by Gasteiger charge is -2.35. The summed E-state index contributed by atoms with van der Waals surface area (Å²) in [7, 11) is -1.68. The van der Waals surface area contributed by atoms with Crippen LogP contribution in [0, 0.1) is 0 Å². The summed E-state index contributed by atoms with van der Waals surface area (Å²) < 4.78 is 32.0. The zero-order chi connectivity index (χ0) is 14.2. The minimum Gasteiger partial charge on any atom is -0.385 e. The summed E-state index contributed by atoms with van der Waals surface area (Å²) in [6.45, 7) is 0.854. The molecule has 0 bridgehead atoms. The molecule has 0 unspecified atom stereocenters. The third kappa shape index (κ3) is 6.21. The lowest BCUT2D eigenvalue weighted by atomic mass is 9.85. The van der Waals surface area contributed by atoms with Crippen LogP contribution in [0.3, 0.4) is 0 Å². The van der Waals surface area contributed by atoms with Crippen LogP contribution < -0.4 is 10.5 Å². The number of nitrogens with two attached hydrogens (primary N) is 1. The highest BCUT2D eigenvalue weighted by atomic mass is 32.2. The fraction of sp³-hybridized carbons (Fsp3) is 1.00. The van der Waals surface area contributed by atoms with Gasteiger partial charge in [0.15, 0.2) is 0 Å². The molecular formula is C13H28N2O3S. The predicted octanol–water partition coefficient (Wildman–Crippen LogP) is 1.38. The molecule has 1 rings (SSSR count). The maximum atomic E-state index is 12.1. The van der Waals surface area contributed by atoms with Crippen LogP contribution in [0.2, 0.25) is 0 Å². The molecule has 0 spiro atoms. The second kappa shape index (κ2) is 8.19. The molecule has 6 heteroatoms. The van der Waals surface area contributed by atoms with E-state index in [1.807, 2.05) is 0 Å². The van der Waals surface area contributed by atoms with Gasteiger partial charge in [0.1, 0.15) is 0 Å². The monoisotopic (exact) mass is 292 g/mol. The van der Waals surface area contributed by atoms with Crippen molar-refractivity contribution in [2.75, 3.05) is 26.0 Å². The Morgan fingerprint density at radius 1 is 1.16 bits per heavy atom. The second-order valence-electron chi connectivity index (χ2n) is 5.52.